The number of hydrogen-bond donors (Lipinski definition) is 1. The number of piperazine rings is 1. The number of nitrogens with zero attached hydrogens (tertiary/aromatic N) is 2. The van der Waals surface area contributed by atoms with Crippen molar-refractivity contribution in [2.24, 2.45) is 0 Å². The monoisotopic (exact) mass is 557 g/mol. The van der Waals surface area contributed by atoms with Crippen molar-refractivity contribution in [2.75, 3.05) is 43.5 Å². The molecule has 1 heterocycles. The standard InChI is InChI=1S/C30H28BrN3O3/c1-20-7-3-5-9-24(20)30(36)34-17-15-33(16-18-34)23-13-11-22(12-14-23)32-29(35)26-19-21-8-4-6-10-25(21)27(31)28(26)37-2/h3-14,19H,15-18H2,1-2H3,(H,32,35). The Morgan fingerprint density at radius 1 is 0.865 bits per heavy atom. The van der Waals surface area contributed by atoms with Gasteiger partial charge in [-0.05, 0) is 75.6 Å². The largest absolute Gasteiger partial charge is 0.495 e. The average Bonchev–Trinajstić information content (AvgIpc) is 2.93. The molecule has 1 saturated heterocycles. The van der Waals surface area contributed by atoms with Gasteiger partial charge in [0.05, 0.1) is 17.1 Å². The summed E-state index contributed by atoms with van der Waals surface area (Å²) in [4.78, 5) is 30.3. The summed E-state index contributed by atoms with van der Waals surface area (Å²) in [5.41, 5.74) is 4.00. The maximum Gasteiger partial charge on any atom is 0.259 e. The first-order valence-corrected chi connectivity index (χ1v) is 13.0. The second kappa shape index (κ2) is 10.6. The molecule has 7 heteroatoms. The first-order valence-electron chi connectivity index (χ1n) is 12.2. The first-order chi connectivity index (χ1) is 18.0. The smallest absolute Gasteiger partial charge is 0.259 e. The molecule has 1 aliphatic rings. The Morgan fingerprint density at radius 2 is 1.54 bits per heavy atom. The van der Waals surface area contributed by atoms with Gasteiger partial charge in [0.2, 0.25) is 0 Å². The van der Waals surface area contributed by atoms with Crippen LogP contribution in [-0.2, 0) is 0 Å². The van der Waals surface area contributed by atoms with Gasteiger partial charge in [-0.1, -0.05) is 42.5 Å². The molecule has 0 aromatic heterocycles. The van der Waals surface area contributed by atoms with Crippen molar-refractivity contribution >= 4 is 49.9 Å². The van der Waals surface area contributed by atoms with E-state index in [1.54, 1.807) is 7.11 Å². The van der Waals surface area contributed by atoms with Crippen LogP contribution in [0.1, 0.15) is 26.3 Å². The SMILES string of the molecule is COc1c(C(=O)Nc2ccc(N3CCN(C(=O)c4ccccc4C)CC3)cc2)cc2ccccc2c1Br. The topological polar surface area (TPSA) is 61.9 Å². The lowest BCUT2D eigenvalue weighted by molar-refractivity contribution is 0.0746. The van der Waals surface area contributed by atoms with E-state index in [-0.39, 0.29) is 11.8 Å². The molecule has 0 unspecified atom stereocenters. The molecule has 1 aliphatic heterocycles. The summed E-state index contributed by atoms with van der Waals surface area (Å²) in [6.45, 7) is 4.82. The normalized spacial score (nSPS) is 13.5. The summed E-state index contributed by atoms with van der Waals surface area (Å²) < 4.78 is 6.32. The lowest BCUT2D eigenvalue weighted by Gasteiger charge is -2.36. The number of carbonyl (C=O) groups is 2. The molecule has 0 atom stereocenters. The van der Waals surface area contributed by atoms with Gasteiger partial charge in [0.25, 0.3) is 11.8 Å². The lowest BCUT2D eigenvalue weighted by atomic mass is 10.0. The molecule has 0 bridgehead atoms. The van der Waals surface area contributed by atoms with Gasteiger partial charge >= 0.3 is 0 Å². The molecule has 4 aromatic carbocycles. The fourth-order valence-electron chi connectivity index (χ4n) is 4.76. The van der Waals surface area contributed by atoms with Gasteiger partial charge in [-0.15, -0.1) is 0 Å². The van der Waals surface area contributed by atoms with E-state index in [4.69, 9.17) is 4.74 Å². The molecule has 37 heavy (non-hydrogen) atoms. The number of rotatable bonds is 5. The van der Waals surface area contributed by atoms with Gasteiger partial charge in [0.1, 0.15) is 5.75 Å². The second-order valence-electron chi connectivity index (χ2n) is 9.09. The van der Waals surface area contributed by atoms with Gasteiger partial charge in [-0.25, -0.2) is 0 Å². The number of methoxy groups -OCH3 is 1. The minimum Gasteiger partial charge on any atom is -0.495 e. The maximum atomic E-state index is 13.2. The van der Waals surface area contributed by atoms with Crippen molar-refractivity contribution in [3.05, 3.63) is 100 Å². The van der Waals surface area contributed by atoms with Crippen molar-refractivity contribution < 1.29 is 14.3 Å². The van der Waals surface area contributed by atoms with Crippen LogP contribution in [0.3, 0.4) is 0 Å². The first kappa shape index (κ1) is 24.8. The van der Waals surface area contributed by atoms with E-state index in [1.165, 1.54) is 0 Å². The van der Waals surface area contributed by atoms with E-state index in [0.29, 0.717) is 30.1 Å². The van der Waals surface area contributed by atoms with E-state index >= 15 is 0 Å². The molecular weight excluding hydrogens is 530 g/mol. The van der Waals surface area contributed by atoms with Gasteiger partial charge in [-0.3, -0.25) is 9.59 Å². The minimum absolute atomic E-state index is 0.0894. The third kappa shape index (κ3) is 5.04. The number of benzene rings is 4. The second-order valence-corrected chi connectivity index (χ2v) is 9.88. The van der Waals surface area contributed by atoms with Crippen LogP contribution in [0.15, 0.2) is 83.3 Å². The summed E-state index contributed by atoms with van der Waals surface area (Å²) in [5, 5.41) is 4.93. The quantitative estimate of drug-likeness (QED) is 0.320. The van der Waals surface area contributed by atoms with Crippen LogP contribution in [0, 0.1) is 6.92 Å². The van der Waals surface area contributed by atoms with Crippen molar-refractivity contribution in [2.45, 2.75) is 6.92 Å². The summed E-state index contributed by atoms with van der Waals surface area (Å²) in [5.74, 6) is 0.358. The number of halogens is 1. The van der Waals surface area contributed by atoms with Crippen LogP contribution in [0.2, 0.25) is 0 Å². The van der Waals surface area contributed by atoms with E-state index in [2.05, 4.69) is 26.1 Å². The van der Waals surface area contributed by atoms with Gasteiger partial charge in [0, 0.05) is 43.1 Å². The van der Waals surface area contributed by atoms with E-state index < -0.39 is 0 Å². The van der Waals surface area contributed by atoms with Crippen LogP contribution >= 0.6 is 15.9 Å². The highest BCUT2D eigenvalue weighted by molar-refractivity contribution is 9.10. The molecule has 4 aromatic rings. The number of nitrogens with one attached hydrogen (secondary N) is 1. The Kier molecular flexibility index (Phi) is 7.15. The zero-order valence-corrected chi connectivity index (χ0v) is 22.4. The highest BCUT2D eigenvalue weighted by Gasteiger charge is 2.23. The Hall–Kier alpha value is -3.84. The molecule has 5 rings (SSSR count). The van der Waals surface area contributed by atoms with Gasteiger partial charge in [0.15, 0.2) is 0 Å². The number of amides is 2. The average molecular weight is 558 g/mol. The molecule has 188 valence electrons. The predicted octanol–water partition coefficient (Wildman–Crippen LogP) is 6.13. The number of fused-ring (bicyclic) bond motifs is 1. The van der Waals surface area contributed by atoms with Gasteiger partial charge < -0.3 is 19.9 Å². The van der Waals surface area contributed by atoms with Crippen LogP contribution in [0.4, 0.5) is 11.4 Å². The van der Waals surface area contributed by atoms with Crippen LogP contribution in [-0.4, -0.2) is 50.0 Å². The number of ether oxygens (including phenoxy) is 1. The van der Waals surface area contributed by atoms with Crippen molar-refractivity contribution in [1.82, 2.24) is 4.90 Å². The zero-order chi connectivity index (χ0) is 25.9. The molecule has 0 spiro atoms. The number of carbonyl (C=O) groups excluding carboxylic acids is 2. The molecular formula is C30H28BrN3O3. The molecule has 0 saturated carbocycles. The predicted molar refractivity (Wildman–Crippen MR) is 152 cm³/mol. The number of hydrogen-bond acceptors (Lipinski definition) is 4. The van der Waals surface area contributed by atoms with E-state index in [9.17, 15) is 9.59 Å². The zero-order valence-electron chi connectivity index (χ0n) is 20.8. The third-order valence-electron chi connectivity index (χ3n) is 6.82. The summed E-state index contributed by atoms with van der Waals surface area (Å²) in [6.07, 6.45) is 0. The fourth-order valence-corrected chi connectivity index (χ4v) is 5.49. The van der Waals surface area contributed by atoms with E-state index in [1.807, 2.05) is 90.7 Å². The van der Waals surface area contributed by atoms with Crippen molar-refractivity contribution in [3.8, 4) is 5.75 Å². The summed E-state index contributed by atoms with van der Waals surface area (Å²) >= 11 is 3.59. The molecule has 6 nitrogen and oxygen atoms in total. The molecule has 2 amide bonds. The van der Waals surface area contributed by atoms with E-state index in [0.717, 1.165) is 45.1 Å². The highest BCUT2D eigenvalue weighted by Crippen LogP contribution is 2.37. The Labute approximate surface area is 225 Å². The minimum atomic E-state index is -0.237. The fraction of sp³-hybridized carbons (Fsp3) is 0.200. The number of aryl methyl sites for hydroxylation is 1. The molecule has 1 fully saturated rings. The van der Waals surface area contributed by atoms with Crippen LogP contribution in [0.5, 0.6) is 5.75 Å². The molecule has 1 N–H and O–H groups in total. The Bertz CT molecular complexity index is 1460. The van der Waals surface area contributed by atoms with Crippen LogP contribution in [0.25, 0.3) is 10.8 Å². The molecule has 0 radical (unpaired) electrons. The third-order valence-corrected chi connectivity index (χ3v) is 7.61. The summed E-state index contributed by atoms with van der Waals surface area (Å²) in [6, 6.07) is 25.2. The summed E-state index contributed by atoms with van der Waals surface area (Å²) in [7, 11) is 1.56. The van der Waals surface area contributed by atoms with Crippen molar-refractivity contribution in [3.63, 3.8) is 0 Å². The highest BCUT2D eigenvalue weighted by atomic mass is 79.9. The van der Waals surface area contributed by atoms with Crippen molar-refractivity contribution in [1.29, 1.82) is 0 Å². The molecule has 0 aliphatic carbocycles. The van der Waals surface area contributed by atoms with Crippen LogP contribution < -0.4 is 15.0 Å². The number of anilines is 2. The van der Waals surface area contributed by atoms with Gasteiger partial charge in [-0.2, -0.15) is 0 Å². The Morgan fingerprint density at radius 3 is 2.24 bits per heavy atom. The maximum absolute atomic E-state index is 13.2. The Balaban J connectivity index is 1.25. The lowest BCUT2D eigenvalue weighted by Crippen LogP contribution is -2.48.